The molecule has 0 N–H and O–H groups in total. The Balaban J connectivity index is 1.17. The van der Waals surface area contributed by atoms with Gasteiger partial charge in [-0.2, -0.15) is 0 Å². The van der Waals surface area contributed by atoms with Gasteiger partial charge >= 0.3 is 0 Å². The molecule has 5 nitrogen and oxygen atoms in total. The number of piperazine rings is 1. The van der Waals surface area contributed by atoms with Crippen molar-refractivity contribution in [1.82, 2.24) is 14.7 Å². The van der Waals surface area contributed by atoms with E-state index in [9.17, 15) is 14.0 Å². The van der Waals surface area contributed by atoms with Gasteiger partial charge in [0.15, 0.2) is 0 Å². The first kappa shape index (κ1) is 28.5. The smallest absolute Gasteiger partial charge is 0.254 e. The number of unbranched alkanes of at least 4 members (excludes halogenated alkanes) is 2. The minimum absolute atomic E-state index is 0.0371. The molecule has 2 aromatic carbocycles. The third-order valence-corrected chi connectivity index (χ3v) is 9.35. The summed E-state index contributed by atoms with van der Waals surface area (Å²) < 4.78 is 14.1. The molecule has 40 heavy (non-hydrogen) atoms. The molecule has 0 radical (unpaired) electrons. The van der Waals surface area contributed by atoms with Crippen LogP contribution in [0.4, 0.5) is 4.39 Å². The maximum atomic E-state index is 14.1. The molecule has 0 saturated carbocycles. The van der Waals surface area contributed by atoms with E-state index in [1.54, 1.807) is 23.5 Å². The van der Waals surface area contributed by atoms with Crippen molar-refractivity contribution in [3.05, 3.63) is 92.9 Å². The Morgan fingerprint density at radius 3 is 2.60 bits per heavy atom. The molecule has 0 bridgehead atoms. The summed E-state index contributed by atoms with van der Waals surface area (Å²) in [6, 6.07) is 16.9. The standard InChI is InChI=1S/C33H40FN3O2S/c1-3-4-5-7-25-10-12-26(13-11-25)33(39)37-20-19-36(23-24(37)2)31(38)15-18-35-17-14-30-29(16-21-40-30)32(35)27-8-6-9-28(34)22-27/h6,8-13,16,21-22,24,32H,3-5,7,14-15,17-20,23H2,1-2H3/t24-,32+/m0/s1. The van der Waals surface area contributed by atoms with E-state index in [1.807, 2.05) is 34.9 Å². The van der Waals surface area contributed by atoms with Crippen LogP contribution in [0.3, 0.4) is 0 Å². The molecule has 0 spiro atoms. The van der Waals surface area contributed by atoms with Crippen molar-refractivity contribution in [2.45, 2.75) is 64.5 Å². The van der Waals surface area contributed by atoms with Crippen molar-refractivity contribution >= 4 is 23.2 Å². The number of fused-ring (bicyclic) bond motifs is 1. The molecule has 1 aromatic heterocycles. The van der Waals surface area contributed by atoms with E-state index >= 15 is 0 Å². The van der Waals surface area contributed by atoms with Gasteiger partial charge in [0.05, 0.1) is 6.04 Å². The van der Waals surface area contributed by atoms with Gasteiger partial charge in [-0.15, -0.1) is 11.3 Å². The Bertz CT molecular complexity index is 1310. The molecule has 3 aromatic rings. The van der Waals surface area contributed by atoms with E-state index in [-0.39, 0.29) is 29.7 Å². The number of carbonyl (C=O) groups is 2. The number of aryl methyl sites for hydroxylation is 1. The molecule has 5 rings (SSSR count). The summed E-state index contributed by atoms with van der Waals surface area (Å²) in [4.78, 5) is 34.0. The van der Waals surface area contributed by atoms with E-state index in [1.165, 1.54) is 41.3 Å². The lowest BCUT2D eigenvalue weighted by Gasteiger charge is -2.41. The van der Waals surface area contributed by atoms with Crippen molar-refractivity contribution in [3.63, 3.8) is 0 Å². The molecule has 1 fully saturated rings. The van der Waals surface area contributed by atoms with Crippen LogP contribution in [0.5, 0.6) is 0 Å². The van der Waals surface area contributed by atoms with E-state index in [0.29, 0.717) is 38.2 Å². The van der Waals surface area contributed by atoms with Crippen LogP contribution in [-0.2, 0) is 17.6 Å². The zero-order valence-electron chi connectivity index (χ0n) is 23.7. The summed E-state index contributed by atoms with van der Waals surface area (Å²) in [5.41, 5.74) is 4.15. The fraction of sp³-hybridized carbons (Fsp3) is 0.455. The third kappa shape index (κ3) is 6.47. The quantitative estimate of drug-likeness (QED) is 0.287. The van der Waals surface area contributed by atoms with Gasteiger partial charge in [0.1, 0.15) is 5.82 Å². The molecule has 2 atom stereocenters. The van der Waals surface area contributed by atoms with Gasteiger partial charge in [-0.25, -0.2) is 4.39 Å². The molecular weight excluding hydrogens is 521 g/mol. The second-order valence-electron chi connectivity index (χ2n) is 11.1. The molecule has 2 aliphatic heterocycles. The Kier molecular flexibility index (Phi) is 9.33. The molecule has 0 unspecified atom stereocenters. The van der Waals surface area contributed by atoms with Gasteiger partial charge in [0, 0.05) is 55.6 Å². The number of hydrogen-bond donors (Lipinski definition) is 0. The van der Waals surface area contributed by atoms with Gasteiger partial charge in [-0.3, -0.25) is 14.5 Å². The van der Waals surface area contributed by atoms with E-state index in [2.05, 4.69) is 35.4 Å². The van der Waals surface area contributed by atoms with E-state index in [4.69, 9.17) is 0 Å². The first-order valence-corrected chi connectivity index (χ1v) is 15.6. The average Bonchev–Trinajstić information content (AvgIpc) is 3.44. The average molecular weight is 562 g/mol. The zero-order valence-corrected chi connectivity index (χ0v) is 24.5. The number of benzene rings is 2. The minimum Gasteiger partial charge on any atom is -0.339 e. The summed E-state index contributed by atoms with van der Waals surface area (Å²) in [5, 5.41) is 2.11. The van der Waals surface area contributed by atoms with Gasteiger partial charge in [-0.05, 0) is 78.6 Å². The highest BCUT2D eigenvalue weighted by atomic mass is 32.1. The summed E-state index contributed by atoms with van der Waals surface area (Å²) in [6.07, 6.45) is 6.01. The summed E-state index contributed by atoms with van der Waals surface area (Å²) in [6.45, 7) is 7.32. The monoisotopic (exact) mass is 561 g/mol. The van der Waals surface area contributed by atoms with Gasteiger partial charge in [0.25, 0.3) is 5.91 Å². The second-order valence-corrected chi connectivity index (χ2v) is 12.1. The fourth-order valence-electron chi connectivity index (χ4n) is 6.12. The topological polar surface area (TPSA) is 43.9 Å². The predicted octanol–water partition coefficient (Wildman–Crippen LogP) is 6.33. The maximum Gasteiger partial charge on any atom is 0.254 e. The number of nitrogens with zero attached hydrogens (tertiary/aromatic N) is 3. The Morgan fingerprint density at radius 2 is 1.85 bits per heavy atom. The summed E-state index contributed by atoms with van der Waals surface area (Å²) >= 11 is 1.75. The van der Waals surface area contributed by atoms with Gasteiger partial charge in [0.2, 0.25) is 5.91 Å². The van der Waals surface area contributed by atoms with Crippen LogP contribution in [-0.4, -0.2) is 65.3 Å². The van der Waals surface area contributed by atoms with Crippen LogP contribution in [0.25, 0.3) is 0 Å². The van der Waals surface area contributed by atoms with Crippen molar-refractivity contribution in [1.29, 1.82) is 0 Å². The first-order chi connectivity index (χ1) is 19.4. The molecule has 2 aliphatic rings. The number of carbonyl (C=O) groups excluding carboxylic acids is 2. The highest BCUT2D eigenvalue weighted by molar-refractivity contribution is 7.10. The lowest BCUT2D eigenvalue weighted by molar-refractivity contribution is -0.134. The van der Waals surface area contributed by atoms with Crippen LogP contribution in [0, 0.1) is 5.82 Å². The lowest BCUT2D eigenvalue weighted by Crippen LogP contribution is -2.55. The van der Waals surface area contributed by atoms with Crippen LogP contribution >= 0.6 is 11.3 Å². The Hall–Kier alpha value is -3.03. The SMILES string of the molecule is CCCCCc1ccc(C(=O)N2CCN(C(=O)CCN3CCc4sccc4[C@H]3c3cccc(F)c3)C[C@@H]2C)cc1. The van der Waals surface area contributed by atoms with Crippen LogP contribution in [0.15, 0.2) is 60.0 Å². The normalized spacial score (nSPS) is 19.5. The Morgan fingerprint density at radius 1 is 1.02 bits per heavy atom. The van der Waals surface area contributed by atoms with Gasteiger partial charge in [-0.1, -0.05) is 44.0 Å². The van der Waals surface area contributed by atoms with Crippen molar-refractivity contribution in [2.75, 3.05) is 32.7 Å². The number of rotatable bonds is 9. The fourth-order valence-corrected chi connectivity index (χ4v) is 7.02. The summed E-state index contributed by atoms with van der Waals surface area (Å²) in [7, 11) is 0. The number of amides is 2. The molecule has 2 amide bonds. The van der Waals surface area contributed by atoms with E-state index in [0.717, 1.165) is 24.9 Å². The van der Waals surface area contributed by atoms with Crippen molar-refractivity contribution in [2.24, 2.45) is 0 Å². The molecule has 1 saturated heterocycles. The molecule has 212 valence electrons. The Labute approximate surface area is 241 Å². The first-order valence-electron chi connectivity index (χ1n) is 14.7. The van der Waals surface area contributed by atoms with Crippen LogP contribution in [0.2, 0.25) is 0 Å². The zero-order chi connectivity index (χ0) is 28.1. The predicted molar refractivity (Wildman–Crippen MR) is 159 cm³/mol. The molecule has 0 aliphatic carbocycles. The number of hydrogen-bond acceptors (Lipinski definition) is 4. The minimum atomic E-state index is -0.236. The molecular formula is C33H40FN3O2S. The maximum absolute atomic E-state index is 14.1. The summed E-state index contributed by atoms with van der Waals surface area (Å²) in [5.74, 6) is -0.0813. The highest BCUT2D eigenvalue weighted by Gasteiger charge is 2.33. The number of thiophene rings is 1. The lowest BCUT2D eigenvalue weighted by atomic mass is 9.93. The van der Waals surface area contributed by atoms with E-state index < -0.39 is 0 Å². The molecule has 7 heteroatoms. The van der Waals surface area contributed by atoms with Crippen molar-refractivity contribution < 1.29 is 14.0 Å². The third-order valence-electron chi connectivity index (χ3n) is 8.35. The highest BCUT2D eigenvalue weighted by Crippen LogP contribution is 2.38. The van der Waals surface area contributed by atoms with Crippen molar-refractivity contribution in [3.8, 4) is 0 Å². The second kappa shape index (κ2) is 13.1. The van der Waals surface area contributed by atoms with Crippen LogP contribution < -0.4 is 0 Å². The largest absolute Gasteiger partial charge is 0.339 e. The number of halogens is 1. The van der Waals surface area contributed by atoms with Gasteiger partial charge < -0.3 is 9.80 Å². The van der Waals surface area contributed by atoms with Crippen LogP contribution in [0.1, 0.15) is 77.5 Å². The molecule has 3 heterocycles.